The van der Waals surface area contributed by atoms with Crippen molar-refractivity contribution in [3.63, 3.8) is 0 Å². The van der Waals surface area contributed by atoms with E-state index in [9.17, 15) is 9.59 Å². The molecule has 5 rings (SSSR count). The molecule has 2 aromatic carbocycles. The zero-order chi connectivity index (χ0) is 29.4. The number of hydrogen-bond acceptors (Lipinski definition) is 6. The number of carbonyl (C=O) groups is 2. The van der Waals surface area contributed by atoms with E-state index in [4.69, 9.17) is 0 Å². The van der Waals surface area contributed by atoms with E-state index < -0.39 is 0 Å². The average Bonchev–Trinajstić information content (AvgIpc) is 3.54. The molecule has 1 aromatic heterocycles. The maximum absolute atomic E-state index is 13.4. The van der Waals surface area contributed by atoms with Crippen LogP contribution in [0, 0.1) is 13.8 Å². The highest BCUT2D eigenvalue weighted by atomic mass is 79.9. The van der Waals surface area contributed by atoms with Gasteiger partial charge in [-0.1, -0.05) is 21.1 Å². The Morgan fingerprint density at radius 2 is 1.68 bits per heavy atom. The van der Waals surface area contributed by atoms with Crippen molar-refractivity contribution in [2.75, 3.05) is 43.5 Å². The van der Waals surface area contributed by atoms with Gasteiger partial charge in [-0.2, -0.15) is 0 Å². The van der Waals surface area contributed by atoms with Crippen molar-refractivity contribution < 1.29 is 9.59 Å². The number of anilines is 2. The van der Waals surface area contributed by atoms with E-state index in [2.05, 4.69) is 75.9 Å². The first-order chi connectivity index (χ1) is 19.5. The fraction of sp³-hybridized carbons (Fsp3) is 0.484. The quantitative estimate of drug-likeness (QED) is 0.390. The van der Waals surface area contributed by atoms with Crippen molar-refractivity contribution >= 4 is 39.1 Å². The van der Waals surface area contributed by atoms with Crippen molar-refractivity contribution in [1.29, 1.82) is 0 Å². The summed E-state index contributed by atoms with van der Waals surface area (Å²) in [5.41, 5.74) is 6.33. The van der Waals surface area contributed by atoms with Gasteiger partial charge in [-0.05, 0) is 87.2 Å². The number of aromatic nitrogens is 3. The number of aryl methyl sites for hydroxylation is 2. The Morgan fingerprint density at radius 1 is 1.05 bits per heavy atom. The van der Waals surface area contributed by atoms with Gasteiger partial charge in [0.2, 0.25) is 5.91 Å². The zero-order valence-electron chi connectivity index (χ0n) is 24.8. The van der Waals surface area contributed by atoms with Crippen molar-refractivity contribution in [1.82, 2.24) is 24.8 Å². The van der Waals surface area contributed by atoms with Gasteiger partial charge in [-0.25, -0.2) is 4.68 Å². The van der Waals surface area contributed by atoms with Crippen LogP contribution in [-0.4, -0.2) is 82.4 Å². The number of carbonyl (C=O) groups excluding carboxylic acids is 2. The van der Waals surface area contributed by atoms with Crippen LogP contribution in [0.3, 0.4) is 0 Å². The molecule has 10 heteroatoms. The maximum Gasteiger partial charge on any atom is 0.251 e. The second kappa shape index (κ2) is 11.9. The van der Waals surface area contributed by atoms with Crippen LogP contribution >= 0.6 is 15.9 Å². The Bertz CT molecular complexity index is 1390. The Balaban J connectivity index is 1.20. The number of hydrogen-bond donors (Lipinski definition) is 0. The summed E-state index contributed by atoms with van der Waals surface area (Å²) < 4.78 is 2.71. The summed E-state index contributed by atoms with van der Waals surface area (Å²) in [5.74, 6) is 0.215. The van der Waals surface area contributed by atoms with Crippen molar-refractivity contribution in [3.05, 3.63) is 69.5 Å². The summed E-state index contributed by atoms with van der Waals surface area (Å²) in [6.45, 7) is 11.2. The summed E-state index contributed by atoms with van der Waals surface area (Å²) in [7, 11) is 4.07. The first-order valence-electron chi connectivity index (χ1n) is 14.3. The van der Waals surface area contributed by atoms with Crippen LogP contribution in [-0.2, 0) is 22.6 Å². The molecule has 41 heavy (non-hydrogen) atoms. The fourth-order valence-electron chi connectivity index (χ4n) is 6.16. The Morgan fingerprint density at radius 3 is 2.29 bits per heavy atom. The normalized spacial score (nSPS) is 21.5. The Labute approximate surface area is 251 Å². The molecule has 2 aliphatic heterocycles. The molecule has 1 unspecified atom stereocenters. The molecule has 0 N–H and O–H groups in total. The van der Waals surface area contributed by atoms with E-state index >= 15 is 0 Å². The molecule has 0 aliphatic carbocycles. The molecule has 9 nitrogen and oxygen atoms in total. The molecule has 0 spiro atoms. The minimum atomic E-state index is -0.345. The molecule has 2 aliphatic rings. The van der Waals surface area contributed by atoms with Gasteiger partial charge in [0.1, 0.15) is 6.04 Å². The first-order valence-corrected chi connectivity index (χ1v) is 15.1. The molecule has 0 bridgehead atoms. The monoisotopic (exact) mass is 621 g/mol. The number of amides is 2. The number of piperazine rings is 1. The van der Waals surface area contributed by atoms with Crippen LogP contribution in [0.1, 0.15) is 48.7 Å². The van der Waals surface area contributed by atoms with E-state index in [1.165, 1.54) is 0 Å². The van der Waals surface area contributed by atoms with Gasteiger partial charge in [0.25, 0.3) is 5.91 Å². The lowest BCUT2D eigenvalue weighted by Crippen LogP contribution is -2.57. The molecule has 0 radical (unpaired) electrons. The van der Waals surface area contributed by atoms with Gasteiger partial charge in [0.15, 0.2) is 0 Å². The van der Waals surface area contributed by atoms with E-state index in [-0.39, 0.29) is 29.9 Å². The van der Waals surface area contributed by atoms with Crippen LogP contribution in [0.5, 0.6) is 0 Å². The van der Waals surface area contributed by atoms with Crippen LogP contribution in [0.15, 0.2) is 47.1 Å². The number of rotatable bonds is 7. The van der Waals surface area contributed by atoms with Gasteiger partial charge in [0.05, 0.1) is 18.3 Å². The smallest absolute Gasteiger partial charge is 0.251 e. The second-order valence-electron chi connectivity index (χ2n) is 11.8. The van der Waals surface area contributed by atoms with Gasteiger partial charge >= 0.3 is 0 Å². The van der Waals surface area contributed by atoms with Gasteiger partial charge < -0.3 is 14.7 Å². The summed E-state index contributed by atoms with van der Waals surface area (Å²) in [4.78, 5) is 34.9. The highest BCUT2D eigenvalue weighted by Crippen LogP contribution is 2.29. The molecule has 218 valence electrons. The molecule has 3 atom stereocenters. The van der Waals surface area contributed by atoms with Gasteiger partial charge in [0, 0.05) is 68.2 Å². The number of benzene rings is 2. The van der Waals surface area contributed by atoms with Crippen LogP contribution in [0.2, 0.25) is 0 Å². The lowest BCUT2D eigenvalue weighted by atomic mass is 9.97. The average molecular weight is 623 g/mol. The van der Waals surface area contributed by atoms with Crippen LogP contribution < -0.4 is 9.80 Å². The lowest BCUT2D eigenvalue weighted by Gasteiger charge is -2.44. The summed E-state index contributed by atoms with van der Waals surface area (Å²) in [6.07, 6.45) is 3.03. The molecule has 3 aromatic rings. The minimum absolute atomic E-state index is 0.0412. The summed E-state index contributed by atoms with van der Waals surface area (Å²) in [5, 5.41) is 8.77. The molecule has 2 amide bonds. The summed E-state index contributed by atoms with van der Waals surface area (Å²) in [6, 6.07) is 12.1. The molecular weight excluding hydrogens is 582 g/mol. The van der Waals surface area contributed by atoms with Gasteiger partial charge in [-0.15, -0.1) is 5.10 Å². The third kappa shape index (κ3) is 6.18. The standard InChI is InChI=1S/C31H40BrN7O2/c1-20-13-27(35(5)6)14-21(2)28(20)15-30(40)36-16-22(3)38(23(4)17-36)18-25-19-39(34-33-25)29-11-12-37(31(29)41)26-9-7-24(32)8-10-26/h7-10,13-14,19,22-23,29H,11-12,15-18H2,1-6H3/t22-,23+,29?. The molecule has 2 fully saturated rings. The highest BCUT2D eigenvalue weighted by molar-refractivity contribution is 9.10. The van der Waals surface area contributed by atoms with E-state index in [0.29, 0.717) is 39.0 Å². The van der Waals surface area contributed by atoms with Crippen molar-refractivity contribution in [3.8, 4) is 0 Å². The SMILES string of the molecule is Cc1cc(N(C)C)cc(C)c1CC(=O)N1C[C@@H](C)N(Cc2cn(C3CCN(c4ccc(Br)cc4)C3=O)nn2)[C@@H](C)C1. The fourth-order valence-corrected chi connectivity index (χ4v) is 6.42. The van der Waals surface area contributed by atoms with E-state index in [1.54, 1.807) is 4.68 Å². The third-order valence-electron chi connectivity index (χ3n) is 8.52. The predicted octanol–water partition coefficient (Wildman–Crippen LogP) is 4.37. The third-order valence-corrected chi connectivity index (χ3v) is 9.05. The van der Waals surface area contributed by atoms with Gasteiger partial charge in [-0.3, -0.25) is 14.5 Å². The lowest BCUT2D eigenvalue weighted by molar-refractivity contribution is -0.135. The van der Waals surface area contributed by atoms with Crippen LogP contribution in [0.4, 0.5) is 11.4 Å². The Kier molecular flexibility index (Phi) is 8.52. The minimum Gasteiger partial charge on any atom is -0.378 e. The topological polar surface area (TPSA) is 77.8 Å². The molecule has 2 saturated heterocycles. The van der Waals surface area contributed by atoms with Crippen LogP contribution in [0.25, 0.3) is 0 Å². The first kappa shape index (κ1) is 29.3. The Hall–Kier alpha value is -3.24. The molecular formula is C31H40BrN7O2. The number of nitrogens with zero attached hydrogens (tertiary/aromatic N) is 7. The zero-order valence-corrected chi connectivity index (χ0v) is 26.4. The second-order valence-corrected chi connectivity index (χ2v) is 12.7. The van der Waals surface area contributed by atoms with E-state index in [0.717, 1.165) is 38.2 Å². The summed E-state index contributed by atoms with van der Waals surface area (Å²) >= 11 is 3.45. The highest BCUT2D eigenvalue weighted by Gasteiger charge is 2.36. The van der Waals surface area contributed by atoms with Crippen molar-refractivity contribution in [2.24, 2.45) is 0 Å². The maximum atomic E-state index is 13.4. The van der Waals surface area contributed by atoms with Crippen molar-refractivity contribution in [2.45, 2.75) is 65.2 Å². The molecule has 3 heterocycles. The number of halogens is 1. The molecule has 0 saturated carbocycles. The largest absolute Gasteiger partial charge is 0.378 e. The predicted molar refractivity (Wildman–Crippen MR) is 165 cm³/mol. The van der Waals surface area contributed by atoms with E-state index in [1.807, 2.05) is 54.4 Å².